The highest BCUT2D eigenvalue weighted by Gasteiger charge is 1.90. The van der Waals surface area contributed by atoms with Gasteiger partial charge in [-0.2, -0.15) is 0 Å². The lowest BCUT2D eigenvalue weighted by Crippen LogP contribution is -2.10. The van der Waals surface area contributed by atoms with Gasteiger partial charge in [0.2, 0.25) is 0 Å². The van der Waals surface area contributed by atoms with Crippen molar-refractivity contribution in [1.82, 2.24) is 0 Å². The summed E-state index contributed by atoms with van der Waals surface area (Å²) in [6.07, 6.45) is 2.96. The van der Waals surface area contributed by atoms with Gasteiger partial charge in [0.25, 0.3) is 0 Å². The Kier molecular flexibility index (Phi) is 69.3. The Bertz CT molecular complexity index is 252. The summed E-state index contributed by atoms with van der Waals surface area (Å²) in [5.41, 5.74) is 0. The van der Waals surface area contributed by atoms with Crippen LogP contribution < -0.4 is 0 Å². The van der Waals surface area contributed by atoms with Crippen LogP contribution in [0.4, 0.5) is 0 Å². The third-order valence-electron chi connectivity index (χ3n) is 2.98. The van der Waals surface area contributed by atoms with E-state index in [0.717, 1.165) is 32.5 Å². The van der Waals surface area contributed by atoms with Gasteiger partial charge in [0.1, 0.15) is 0 Å². The fourth-order valence-corrected chi connectivity index (χ4v) is 1.51. The van der Waals surface area contributed by atoms with Crippen molar-refractivity contribution in [3.63, 3.8) is 0 Å². The molecule has 0 amide bonds. The van der Waals surface area contributed by atoms with Crippen LogP contribution in [0.2, 0.25) is 0 Å². The maximum absolute atomic E-state index is 8.38. The largest absolute Gasteiger partial charge is 0.396 e. The molecule has 0 aliphatic rings. The first-order valence-electron chi connectivity index (χ1n) is 12.2. The van der Waals surface area contributed by atoms with Crippen molar-refractivity contribution in [2.24, 2.45) is 0 Å². The van der Waals surface area contributed by atoms with Crippen molar-refractivity contribution in [2.45, 2.75) is 47.5 Å². The van der Waals surface area contributed by atoms with Gasteiger partial charge in [-0.05, 0) is 19.3 Å². The van der Waals surface area contributed by atoms with Gasteiger partial charge in [0, 0.05) is 19.8 Å². The normalized spacial score (nSPS) is 9.60. The highest BCUT2D eigenvalue weighted by Crippen LogP contribution is 1.83. The lowest BCUT2D eigenvalue weighted by Gasteiger charge is -2.05. The molecule has 0 saturated carbocycles. The molecule has 0 bridgehead atoms. The van der Waals surface area contributed by atoms with Crippen LogP contribution in [-0.4, -0.2) is 138 Å². The molecule has 0 aromatic carbocycles. The average Bonchev–Trinajstić information content (AvgIpc) is 2.86. The number of aliphatic hydroxyl groups excluding tert-OH is 5. The predicted molar refractivity (Wildman–Crippen MR) is 138 cm³/mol. The summed E-state index contributed by atoms with van der Waals surface area (Å²) in [6.45, 7) is 13.2. The molecule has 0 saturated heterocycles. The Morgan fingerprint density at radius 2 is 0.514 bits per heavy atom. The molecule has 220 valence electrons. The van der Waals surface area contributed by atoms with E-state index in [1.807, 2.05) is 6.92 Å². The average molecular weight is 523 g/mol. The Morgan fingerprint density at radius 1 is 0.314 bits per heavy atom. The number of hydrogen-bond donors (Lipinski definition) is 5. The number of aliphatic hydroxyl groups is 5. The van der Waals surface area contributed by atoms with Crippen LogP contribution in [0.25, 0.3) is 0 Å². The molecule has 11 nitrogen and oxygen atoms in total. The summed E-state index contributed by atoms with van der Waals surface area (Å²) in [5, 5.41) is 40.7. The summed E-state index contributed by atoms with van der Waals surface area (Å²) in [5.74, 6) is 0. The number of rotatable bonds is 22. The quantitative estimate of drug-likeness (QED) is 0.129. The van der Waals surface area contributed by atoms with E-state index in [1.54, 1.807) is 0 Å². The van der Waals surface area contributed by atoms with E-state index in [0.29, 0.717) is 72.7 Å². The van der Waals surface area contributed by atoms with Gasteiger partial charge in [0.05, 0.1) is 92.5 Å². The smallest absolute Gasteiger partial charge is 0.0701 e. The van der Waals surface area contributed by atoms with Gasteiger partial charge in [-0.25, -0.2) is 0 Å². The van der Waals surface area contributed by atoms with Crippen LogP contribution in [0.3, 0.4) is 0 Å². The molecule has 35 heavy (non-hydrogen) atoms. The molecule has 0 heterocycles. The fraction of sp³-hybridized carbons (Fsp3) is 1.00. The van der Waals surface area contributed by atoms with Crippen LogP contribution in [0, 0.1) is 0 Å². The van der Waals surface area contributed by atoms with Crippen molar-refractivity contribution in [3.8, 4) is 0 Å². The second kappa shape index (κ2) is 54.5. The van der Waals surface area contributed by atoms with Gasteiger partial charge >= 0.3 is 0 Å². The Labute approximate surface area is 214 Å². The topological polar surface area (TPSA) is 157 Å². The van der Waals surface area contributed by atoms with Gasteiger partial charge in [-0.3, -0.25) is 0 Å². The molecule has 0 fully saturated rings. The van der Waals surface area contributed by atoms with E-state index in [-0.39, 0.29) is 33.9 Å². The summed E-state index contributed by atoms with van der Waals surface area (Å²) in [6, 6.07) is 0. The molecule has 0 aromatic rings. The van der Waals surface area contributed by atoms with Crippen molar-refractivity contribution in [1.29, 1.82) is 0 Å². The summed E-state index contributed by atoms with van der Waals surface area (Å²) in [4.78, 5) is 0. The van der Waals surface area contributed by atoms with Crippen LogP contribution in [-0.2, 0) is 28.4 Å². The molecule has 0 aliphatic heterocycles. The van der Waals surface area contributed by atoms with Crippen molar-refractivity contribution >= 4 is 0 Å². The molecule has 0 spiro atoms. The number of ether oxygens (including phenoxy) is 6. The minimum atomic E-state index is 0. The van der Waals surface area contributed by atoms with E-state index >= 15 is 0 Å². The number of hydrogen-bond acceptors (Lipinski definition) is 11. The predicted octanol–water partition coefficient (Wildman–Crippen LogP) is 0.873. The Morgan fingerprint density at radius 3 is 0.714 bits per heavy atom. The molecule has 0 unspecified atom stereocenters. The molecule has 0 aliphatic carbocycles. The highest BCUT2D eigenvalue weighted by atomic mass is 16.5. The fourth-order valence-electron chi connectivity index (χ4n) is 1.51. The van der Waals surface area contributed by atoms with Gasteiger partial charge in [0.15, 0.2) is 0 Å². The highest BCUT2D eigenvalue weighted by molar-refractivity contribution is 4.33. The summed E-state index contributed by atoms with van der Waals surface area (Å²) < 4.78 is 30.1. The third kappa shape index (κ3) is 71.9. The minimum Gasteiger partial charge on any atom is -0.396 e. The van der Waals surface area contributed by atoms with Gasteiger partial charge < -0.3 is 54.0 Å². The Hall–Kier alpha value is -0.440. The van der Waals surface area contributed by atoms with Crippen molar-refractivity contribution < 1.29 is 54.0 Å². The molecular formula is C24H58O11. The maximum Gasteiger partial charge on any atom is 0.0701 e. The standard InChI is InChI=1S/C9H20O4.C7H16O3.C4H10O3.C3H8O.CH4/c1-2-4-11-6-8-13-9-7-12-5-3-10;1-2-4-9-6-7-10-5-3-8;5-1-3-7-4-2-6;1-2-3-4;/h10H,2-9H2,1H3;8H,2-7H2,1H3;5-6H,1-4H2;4H,2-3H2,1H3;1H4. The van der Waals surface area contributed by atoms with E-state index in [9.17, 15) is 0 Å². The third-order valence-corrected chi connectivity index (χ3v) is 2.98. The lowest BCUT2D eigenvalue weighted by molar-refractivity contribution is 0.00783. The zero-order valence-corrected chi connectivity index (χ0v) is 21.8. The van der Waals surface area contributed by atoms with Crippen molar-refractivity contribution in [2.75, 3.05) is 112 Å². The monoisotopic (exact) mass is 522 g/mol. The molecule has 11 heteroatoms. The zero-order valence-electron chi connectivity index (χ0n) is 21.8. The van der Waals surface area contributed by atoms with Gasteiger partial charge in [-0.1, -0.05) is 28.2 Å². The summed E-state index contributed by atoms with van der Waals surface area (Å²) >= 11 is 0. The molecule has 0 rings (SSSR count). The van der Waals surface area contributed by atoms with Crippen molar-refractivity contribution in [3.05, 3.63) is 0 Å². The second-order valence-corrected chi connectivity index (χ2v) is 6.29. The van der Waals surface area contributed by atoms with E-state index in [2.05, 4.69) is 18.6 Å². The van der Waals surface area contributed by atoms with Crippen LogP contribution in [0.5, 0.6) is 0 Å². The zero-order chi connectivity index (χ0) is 26.4. The SMILES string of the molecule is C.CCCO.CCCOCCOCCO.CCCOCCOCCOCCO.OCCOCCO. The first-order valence-corrected chi connectivity index (χ1v) is 12.2. The van der Waals surface area contributed by atoms with Crippen LogP contribution in [0.15, 0.2) is 0 Å². The second-order valence-electron chi connectivity index (χ2n) is 6.29. The first-order chi connectivity index (χ1) is 16.7. The first kappa shape index (κ1) is 44.5. The van der Waals surface area contributed by atoms with Crippen LogP contribution in [0.1, 0.15) is 47.5 Å². The molecular weight excluding hydrogens is 464 g/mol. The molecule has 5 N–H and O–H groups in total. The van der Waals surface area contributed by atoms with E-state index in [1.165, 1.54) is 0 Å². The molecule has 0 radical (unpaired) electrons. The van der Waals surface area contributed by atoms with E-state index < -0.39 is 0 Å². The minimum absolute atomic E-state index is 0. The lowest BCUT2D eigenvalue weighted by atomic mass is 10.5. The van der Waals surface area contributed by atoms with E-state index in [4.69, 9.17) is 49.2 Å². The van der Waals surface area contributed by atoms with Gasteiger partial charge in [-0.15, -0.1) is 0 Å². The Balaban J connectivity index is -0.000000122. The molecule has 0 atom stereocenters. The molecule has 0 aromatic heterocycles. The van der Waals surface area contributed by atoms with Crippen LogP contribution >= 0.6 is 0 Å². The summed E-state index contributed by atoms with van der Waals surface area (Å²) in [7, 11) is 0. The maximum atomic E-state index is 8.38.